The van der Waals surface area contributed by atoms with Crippen LogP contribution in [0.2, 0.25) is 0 Å². The maximum absolute atomic E-state index is 10.4. The molecular weight excluding hydrogens is 298 g/mol. The topological polar surface area (TPSA) is 111 Å². The summed E-state index contributed by atoms with van der Waals surface area (Å²) in [5.74, 6) is 0.604. The zero-order chi connectivity index (χ0) is 14.4. The van der Waals surface area contributed by atoms with Crippen molar-refractivity contribution in [3.63, 3.8) is 0 Å². The second kappa shape index (κ2) is 6.74. The predicted octanol–water partition coefficient (Wildman–Crippen LogP) is 2.62. The van der Waals surface area contributed by atoms with E-state index in [1.54, 1.807) is 24.5 Å². The van der Waals surface area contributed by atoms with Crippen LogP contribution in [0.25, 0.3) is 0 Å². The smallest absolute Gasteiger partial charge is 0.404 e. The first-order chi connectivity index (χ1) is 9.67. The molecule has 1 amide bonds. The maximum atomic E-state index is 10.4. The third kappa shape index (κ3) is 4.11. The Morgan fingerprint density at radius 1 is 1.45 bits per heavy atom. The Balaban J connectivity index is 1.96. The van der Waals surface area contributed by atoms with Gasteiger partial charge in [0.05, 0.1) is 10.4 Å². The van der Waals surface area contributed by atoms with E-state index in [0.717, 1.165) is 21.5 Å². The van der Waals surface area contributed by atoms with Crippen molar-refractivity contribution in [2.45, 2.75) is 10.8 Å². The van der Waals surface area contributed by atoms with Crippen molar-refractivity contribution in [3.8, 4) is 5.40 Å². The Kier molecular flexibility index (Phi) is 4.75. The highest BCUT2D eigenvalue weighted by molar-refractivity contribution is 8.05. The zero-order valence-corrected chi connectivity index (χ0v) is 11.7. The largest absolute Gasteiger partial charge is 0.465 e. The summed E-state index contributed by atoms with van der Waals surface area (Å²) in [4.78, 5) is 18.6. The molecule has 2 heterocycles. The number of nitriles is 1. The highest BCUT2D eigenvalue weighted by atomic mass is 32.2. The molecule has 102 valence electrons. The molecule has 0 fully saturated rings. The summed E-state index contributed by atoms with van der Waals surface area (Å²) in [6.45, 7) is 0.211. The van der Waals surface area contributed by atoms with E-state index in [1.807, 2.05) is 5.40 Å². The minimum absolute atomic E-state index is 0.211. The number of hydrogen-bond acceptors (Lipinski definition) is 7. The molecule has 0 saturated carbocycles. The number of carboxylic acid groups (broad SMARTS) is 1. The van der Waals surface area contributed by atoms with E-state index in [4.69, 9.17) is 10.4 Å². The van der Waals surface area contributed by atoms with E-state index in [-0.39, 0.29) is 6.54 Å². The van der Waals surface area contributed by atoms with Gasteiger partial charge in [0.1, 0.15) is 11.2 Å². The number of rotatable bonds is 5. The normalized spacial score (nSPS) is 9.75. The minimum atomic E-state index is -1.07. The quantitative estimate of drug-likeness (QED) is 0.575. The Labute approximate surface area is 122 Å². The Morgan fingerprint density at radius 3 is 2.95 bits per heavy atom. The van der Waals surface area contributed by atoms with Crippen LogP contribution in [0, 0.1) is 10.7 Å². The first-order valence-electron chi connectivity index (χ1n) is 5.38. The molecule has 2 aromatic heterocycles. The second-order valence-electron chi connectivity index (χ2n) is 3.51. The molecule has 7 nitrogen and oxygen atoms in total. The lowest BCUT2D eigenvalue weighted by Gasteiger charge is -2.04. The van der Waals surface area contributed by atoms with Crippen molar-refractivity contribution in [2.24, 2.45) is 0 Å². The first kappa shape index (κ1) is 14.1. The SMILES string of the molecule is N#CSc1cnc(Nc2ccc(CNC(=O)O)cn2)s1. The fourth-order valence-corrected chi connectivity index (χ4v) is 2.57. The fraction of sp³-hybridized carbons (Fsp3) is 0.0909. The highest BCUT2D eigenvalue weighted by Crippen LogP contribution is 2.28. The van der Waals surface area contributed by atoms with Crippen LogP contribution in [0.3, 0.4) is 0 Å². The van der Waals surface area contributed by atoms with Crippen molar-refractivity contribution in [3.05, 3.63) is 30.1 Å². The van der Waals surface area contributed by atoms with Crippen LogP contribution in [0.15, 0.2) is 28.7 Å². The summed E-state index contributed by atoms with van der Waals surface area (Å²) >= 11 is 2.41. The molecule has 0 aliphatic rings. The van der Waals surface area contributed by atoms with Gasteiger partial charge in [-0.25, -0.2) is 14.8 Å². The number of pyridine rings is 1. The molecule has 2 rings (SSSR count). The third-order valence-corrected chi connectivity index (χ3v) is 3.74. The van der Waals surface area contributed by atoms with Gasteiger partial charge in [-0.2, -0.15) is 5.26 Å². The van der Waals surface area contributed by atoms with Crippen LogP contribution >= 0.6 is 23.1 Å². The van der Waals surface area contributed by atoms with Gasteiger partial charge >= 0.3 is 6.09 Å². The summed E-state index contributed by atoms with van der Waals surface area (Å²) in [7, 11) is 0. The number of thioether (sulfide) groups is 1. The summed E-state index contributed by atoms with van der Waals surface area (Å²) in [5.41, 5.74) is 0.762. The Morgan fingerprint density at radius 2 is 2.30 bits per heavy atom. The van der Waals surface area contributed by atoms with Gasteiger partial charge in [0.2, 0.25) is 0 Å². The van der Waals surface area contributed by atoms with E-state index in [0.29, 0.717) is 10.9 Å². The number of amides is 1. The van der Waals surface area contributed by atoms with E-state index in [9.17, 15) is 4.79 Å². The average Bonchev–Trinajstić information content (AvgIpc) is 2.86. The monoisotopic (exact) mass is 307 g/mol. The van der Waals surface area contributed by atoms with E-state index >= 15 is 0 Å². The molecule has 3 N–H and O–H groups in total. The molecule has 0 unspecified atom stereocenters. The number of aromatic nitrogens is 2. The lowest BCUT2D eigenvalue weighted by atomic mass is 10.3. The fourth-order valence-electron chi connectivity index (χ4n) is 1.30. The molecule has 0 atom stereocenters. The Hall–Kier alpha value is -2.31. The van der Waals surface area contributed by atoms with Crippen LogP contribution in [-0.2, 0) is 6.54 Å². The lowest BCUT2D eigenvalue weighted by molar-refractivity contribution is 0.194. The molecule has 0 bridgehead atoms. The lowest BCUT2D eigenvalue weighted by Crippen LogP contribution is -2.19. The van der Waals surface area contributed by atoms with Crippen LogP contribution < -0.4 is 10.6 Å². The maximum Gasteiger partial charge on any atom is 0.404 e. The van der Waals surface area contributed by atoms with Gasteiger partial charge in [0, 0.05) is 24.5 Å². The Bertz CT molecular complexity index is 635. The summed E-state index contributed by atoms with van der Waals surface area (Å²) in [6.07, 6.45) is 2.13. The van der Waals surface area contributed by atoms with E-state index < -0.39 is 6.09 Å². The van der Waals surface area contributed by atoms with Crippen molar-refractivity contribution in [2.75, 3.05) is 5.32 Å². The third-order valence-electron chi connectivity index (χ3n) is 2.13. The van der Waals surface area contributed by atoms with E-state index in [1.165, 1.54) is 11.3 Å². The summed E-state index contributed by atoms with van der Waals surface area (Å²) in [6, 6.07) is 3.50. The number of anilines is 2. The highest BCUT2D eigenvalue weighted by Gasteiger charge is 2.04. The molecule has 20 heavy (non-hydrogen) atoms. The van der Waals surface area contributed by atoms with Gasteiger partial charge in [0.25, 0.3) is 0 Å². The van der Waals surface area contributed by atoms with Crippen molar-refractivity contribution < 1.29 is 9.90 Å². The molecule has 2 aromatic rings. The first-order valence-corrected chi connectivity index (χ1v) is 7.01. The van der Waals surface area contributed by atoms with Crippen LogP contribution in [0.5, 0.6) is 0 Å². The van der Waals surface area contributed by atoms with Gasteiger partial charge in [-0.15, -0.1) is 0 Å². The summed E-state index contributed by atoms with van der Waals surface area (Å²) in [5, 5.41) is 24.9. The average molecular weight is 307 g/mol. The van der Waals surface area contributed by atoms with Crippen molar-refractivity contribution in [1.82, 2.24) is 15.3 Å². The number of nitrogens with one attached hydrogen (secondary N) is 2. The van der Waals surface area contributed by atoms with Crippen molar-refractivity contribution in [1.29, 1.82) is 5.26 Å². The standard InChI is InChI=1S/C11H9N5O2S2/c12-6-19-9-5-14-10(20-9)16-8-2-1-7(3-13-8)4-15-11(17)18/h1-3,5,15H,4H2,(H,17,18)(H,13,14,16). The number of thiocyanates is 1. The number of carbonyl (C=O) groups is 1. The van der Waals surface area contributed by atoms with Crippen molar-refractivity contribution >= 4 is 40.1 Å². The molecule has 0 spiro atoms. The molecule has 0 saturated heterocycles. The molecule has 9 heteroatoms. The van der Waals surface area contributed by atoms with Gasteiger partial charge < -0.3 is 15.7 Å². The molecular formula is C11H9N5O2S2. The summed E-state index contributed by atoms with van der Waals surface area (Å²) < 4.78 is 0.803. The van der Waals surface area contributed by atoms with Crippen LogP contribution in [0.1, 0.15) is 5.56 Å². The molecule has 0 aromatic carbocycles. The number of hydrogen-bond donors (Lipinski definition) is 3. The molecule has 0 aliphatic carbocycles. The van der Waals surface area contributed by atoms with Gasteiger partial charge in [-0.3, -0.25) is 0 Å². The minimum Gasteiger partial charge on any atom is -0.465 e. The van der Waals surface area contributed by atoms with Crippen LogP contribution in [0.4, 0.5) is 15.7 Å². The van der Waals surface area contributed by atoms with Gasteiger partial charge in [0.15, 0.2) is 5.13 Å². The second-order valence-corrected chi connectivity index (χ2v) is 5.63. The molecule has 0 radical (unpaired) electrons. The van der Waals surface area contributed by atoms with E-state index in [2.05, 4.69) is 20.6 Å². The van der Waals surface area contributed by atoms with Gasteiger partial charge in [-0.05, 0) is 11.6 Å². The van der Waals surface area contributed by atoms with Crippen LogP contribution in [-0.4, -0.2) is 21.2 Å². The van der Waals surface area contributed by atoms with Gasteiger partial charge in [-0.1, -0.05) is 17.4 Å². The number of thiazole rings is 1. The number of nitrogens with zero attached hydrogens (tertiary/aromatic N) is 3. The zero-order valence-electron chi connectivity index (χ0n) is 10.0. The molecule has 0 aliphatic heterocycles. The predicted molar refractivity (Wildman–Crippen MR) is 76.0 cm³/mol.